The fourth-order valence-electron chi connectivity index (χ4n) is 3.44. The number of thiazole rings is 1. The number of esters is 1. The number of aromatic nitrogens is 1. The molecule has 3 aromatic carbocycles. The van der Waals surface area contributed by atoms with Crippen molar-refractivity contribution in [2.24, 2.45) is 4.99 Å². The minimum atomic E-state index is -4.00. The first-order valence-electron chi connectivity index (χ1n) is 11.0. The highest BCUT2D eigenvalue weighted by molar-refractivity contribution is 7.92. The predicted molar refractivity (Wildman–Crippen MR) is 137 cm³/mol. The van der Waals surface area contributed by atoms with Crippen molar-refractivity contribution in [1.29, 1.82) is 0 Å². The topological polar surface area (TPSA) is 116 Å². The number of nitrogens with one attached hydrogen (secondary N) is 1. The van der Waals surface area contributed by atoms with Crippen LogP contribution < -0.4 is 14.3 Å². The van der Waals surface area contributed by atoms with Crippen LogP contribution in [0.4, 0.5) is 10.1 Å². The average molecular weight is 544 g/mol. The number of rotatable bonds is 8. The van der Waals surface area contributed by atoms with Crippen LogP contribution in [0.25, 0.3) is 10.2 Å². The third-order valence-electron chi connectivity index (χ3n) is 5.16. The van der Waals surface area contributed by atoms with E-state index < -0.39 is 27.7 Å². The zero-order valence-corrected chi connectivity index (χ0v) is 21.4. The highest BCUT2D eigenvalue weighted by Gasteiger charge is 2.16. The molecule has 1 heterocycles. The van der Waals surface area contributed by atoms with E-state index in [-0.39, 0.29) is 27.5 Å². The summed E-state index contributed by atoms with van der Waals surface area (Å²) >= 11 is 1.20. The van der Waals surface area contributed by atoms with Crippen LogP contribution in [0.3, 0.4) is 0 Å². The highest BCUT2D eigenvalue weighted by atomic mass is 32.2. The number of hydrogen-bond donors (Lipinski definition) is 1. The molecule has 0 saturated heterocycles. The lowest BCUT2D eigenvalue weighted by atomic mass is 10.2. The number of methoxy groups -OCH3 is 1. The van der Waals surface area contributed by atoms with Crippen molar-refractivity contribution in [2.75, 3.05) is 18.4 Å². The molecule has 0 aliphatic heterocycles. The van der Waals surface area contributed by atoms with Gasteiger partial charge in [-0.15, -0.1) is 0 Å². The molecule has 9 nitrogen and oxygen atoms in total. The van der Waals surface area contributed by atoms with Gasteiger partial charge in [0.05, 0.1) is 28.8 Å². The molecule has 0 radical (unpaired) electrons. The molecule has 4 aromatic rings. The summed E-state index contributed by atoms with van der Waals surface area (Å²) in [6.07, 6.45) is 0. The van der Waals surface area contributed by atoms with Gasteiger partial charge >= 0.3 is 5.97 Å². The maximum Gasteiger partial charge on any atom is 0.325 e. The van der Waals surface area contributed by atoms with E-state index in [9.17, 15) is 22.4 Å². The number of hydrogen-bond acceptors (Lipinski definition) is 7. The highest BCUT2D eigenvalue weighted by Crippen LogP contribution is 2.24. The molecule has 0 atom stereocenters. The minimum Gasteiger partial charge on any atom is -0.494 e. The molecule has 0 spiro atoms. The first-order valence-corrected chi connectivity index (χ1v) is 13.3. The fourth-order valence-corrected chi connectivity index (χ4v) is 5.54. The van der Waals surface area contributed by atoms with E-state index in [1.807, 2.05) is 6.92 Å². The number of halogens is 1. The number of ether oxygens (including phenoxy) is 2. The maximum atomic E-state index is 13.2. The molecule has 1 amide bonds. The Kier molecular flexibility index (Phi) is 7.69. The van der Waals surface area contributed by atoms with Gasteiger partial charge in [0.25, 0.3) is 15.9 Å². The molecule has 1 N–H and O–H groups in total. The summed E-state index contributed by atoms with van der Waals surface area (Å²) in [5, 5.41) is 0. The minimum absolute atomic E-state index is 0.122. The normalized spacial score (nSPS) is 11.9. The summed E-state index contributed by atoms with van der Waals surface area (Å²) < 4.78 is 53.5. The van der Waals surface area contributed by atoms with Gasteiger partial charge in [-0.1, -0.05) is 17.4 Å². The van der Waals surface area contributed by atoms with Crippen molar-refractivity contribution in [3.63, 3.8) is 0 Å². The van der Waals surface area contributed by atoms with Gasteiger partial charge in [0, 0.05) is 11.3 Å². The number of carbonyl (C=O) groups excluding carboxylic acids is 2. The summed E-state index contributed by atoms with van der Waals surface area (Å²) in [7, 11) is -2.74. The smallest absolute Gasteiger partial charge is 0.325 e. The Morgan fingerprint density at radius 1 is 1.08 bits per heavy atom. The first-order chi connectivity index (χ1) is 17.7. The van der Waals surface area contributed by atoms with Crippen LogP contribution in [0.1, 0.15) is 17.3 Å². The maximum absolute atomic E-state index is 13.2. The van der Waals surface area contributed by atoms with Gasteiger partial charge in [0.2, 0.25) is 0 Å². The number of sulfonamides is 1. The monoisotopic (exact) mass is 543 g/mol. The molecule has 0 saturated carbocycles. The van der Waals surface area contributed by atoms with Crippen LogP contribution in [-0.2, 0) is 26.1 Å². The van der Waals surface area contributed by atoms with Crippen molar-refractivity contribution in [3.8, 4) is 5.75 Å². The van der Waals surface area contributed by atoms with Gasteiger partial charge in [0.15, 0.2) is 4.80 Å². The van der Waals surface area contributed by atoms with Crippen molar-refractivity contribution in [3.05, 3.63) is 82.9 Å². The molecule has 0 aliphatic rings. The molecule has 0 aliphatic carbocycles. The van der Waals surface area contributed by atoms with Gasteiger partial charge < -0.3 is 14.0 Å². The van der Waals surface area contributed by atoms with Crippen LogP contribution >= 0.6 is 11.3 Å². The largest absolute Gasteiger partial charge is 0.494 e. The molecule has 12 heteroatoms. The van der Waals surface area contributed by atoms with Crippen LogP contribution in [0.2, 0.25) is 0 Å². The van der Waals surface area contributed by atoms with Gasteiger partial charge in [-0.2, -0.15) is 4.99 Å². The van der Waals surface area contributed by atoms with Gasteiger partial charge in [-0.3, -0.25) is 14.3 Å². The lowest BCUT2D eigenvalue weighted by Crippen LogP contribution is -2.22. The number of fused-ring (bicyclic) bond motifs is 1. The zero-order chi connectivity index (χ0) is 26.6. The summed E-state index contributed by atoms with van der Waals surface area (Å²) in [4.78, 5) is 29.4. The van der Waals surface area contributed by atoms with Crippen LogP contribution in [0, 0.1) is 5.82 Å². The molecule has 0 unspecified atom stereocenters. The Labute approximate surface area is 215 Å². The van der Waals surface area contributed by atoms with Crippen LogP contribution in [0.5, 0.6) is 5.75 Å². The fraction of sp³-hybridized carbons (Fsp3) is 0.160. The third-order valence-corrected chi connectivity index (χ3v) is 7.60. The SMILES string of the molecule is CCOc1ccc2c(c1)sc(=NC(=O)c1cccc(NS(=O)(=O)c3ccc(F)cc3)c1)n2CC(=O)OC. The second-order valence-electron chi connectivity index (χ2n) is 7.67. The van der Waals surface area contributed by atoms with Crippen molar-refractivity contribution >= 4 is 49.1 Å². The Hall–Kier alpha value is -4.03. The number of nitrogens with zero attached hydrogens (tertiary/aromatic N) is 2. The summed E-state index contributed by atoms with van der Waals surface area (Å²) in [6, 6.07) is 15.5. The molecule has 4 rings (SSSR count). The number of amides is 1. The Morgan fingerprint density at radius 2 is 1.84 bits per heavy atom. The van der Waals surface area contributed by atoms with E-state index in [2.05, 4.69) is 9.71 Å². The van der Waals surface area contributed by atoms with Crippen molar-refractivity contribution < 1.29 is 31.9 Å². The van der Waals surface area contributed by atoms with E-state index in [4.69, 9.17) is 9.47 Å². The van der Waals surface area contributed by atoms with E-state index in [1.54, 1.807) is 22.8 Å². The Morgan fingerprint density at radius 3 is 2.54 bits per heavy atom. The van der Waals surface area contributed by atoms with Crippen molar-refractivity contribution in [2.45, 2.75) is 18.4 Å². The second-order valence-corrected chi connectivity index (χ2v) is 10.4. The van der Waals surface area contributed by atoms with Crippen LogP contribution in [-0.4, -0.2) is 38.6 Å². The molecular weight excluding hydrogens is 521 g/mol. The lowest BCUT2D eigenvalue weighted by Gasteiger charge is -2.09. The van der Waals surface area contributed by atoms with Gasteiger partial charge in [-0.05, 0) is 67.6 Å². The zero-order valence-electron chi connectivity index (χ0n) is 19.8. The Bertz CT molecular complexity index is 1640. The molecule has 192 valence electrons. The van der Waals surface area contributed by atoms with Crippen molar-refractivity contribution in [1.82, 2.24) is 4.57 Å². The lowest BCUT2D eigenvalue weighted by molar-refractivity contribution is -0.141. The summed E-state index contributed by atoms with van der Waals surface area (Å²) in [5.74, 6) is -1.08. The molecule has 0 bridgehead atoms. The third kappa shape index (κ3) is 6.04. The first kappa shape index (κ1) is 26.0. The van der Waals surface area contributed by atoms with Gasteiger partial charge in [0.1, 0.15) is 18.1 Å². The number of benzene rings is 3. The standard InChI is InChI=1S/C25H22FN3O6S2/c1-3-35-19-9-12-21-22(14-19)36-25(29(21)15-23(30)34-2)27-24(31)16-5-4-6-18(13-16)28-37(32,33)20-10-7-17(26)8-11-20/h4-14,28H,3,15H2,1-2H3. The molecular formula is C25H22FN3O6S2. The van der Waals surface area contributed by atoms with E-state index in [0.29, 0.717) is 17.9 Å². The van der Waals surface area contributed by atoms with Crippen LogP contribution in [0.15, 0.2) is 76.6 Å². The summed E-state index contributed by atoms with van der Waals surface area (Å²) in [5.41, 5.74) is 0.924. The number of carbonyl (C=O) groups is 2. The van der Waals surface area contributed by atoms with Gasteiger partial charge in [-0.25, -0.2) is 12.8 Å². The number of anilines is 1. The average Bonchev–Trinajstić information content (AvgIpc) is 3.20. The van der Waals surface area contributed by atoms with E-state index >= 15 is 0 Å². The Balaban J connectivity index is 1.69. The summed E-state index contributed by atoms with van der Waals surface area (Å²) in [6.45, 7) is 2.19. The molecule has 37 heavy (non-hydrogen) atoms. The molecule has 1 aromatic heterocycles. The second kappa shape index (κ2) is 10.9. The quantitative estimate of drug-likeness (QED) is 0.337. The van der Waals surface area contributed by atoms with E-state index in [0.717, 1.165) is 29.0 Å². The molecule has 0 fully saturated rings. The van der Waals surface area contributed by atoms with E-state index in [1.165, 1.54) is 42.7 Å². The predicted octanol–water partition coefficient (Wildman–Crippen LogP) is 3.96.